The molecule has 0 aliphatic carbocycles. The molecule has 4 rings (SSSR count). The fourth-order valence-electron chi connectivity index (χ4n) is 3.58. The average molecular weight is 492 g/mol. The van der Waals surface area contributed by atoms with Crippen LogP contribution in [-0.2, 0) is 10.0 Å². The maximum Gasteiger partial charge on any atom is 0.276 e. The second kappa shape index (κ2) is 9.42. The quantitative estimate of drug-likeness (QED) is 0.521. The van der Waals surface area contributed by atoms with E-state index >= 15 is 0 Å². The number of piperazine rings is 1. The van der Waals surface area contributed by atoms with Gasteiger partial charge in [-0.15, -0.1) is 0 Å². The zero-order valence-electron chi connectivity index (χ0n) is 18.0. The van der Waals surface area contributed by atoms with Crippen LogP contribution >= 0.6 is 11.6 Å². The summed E-state index contributed by atoms with van der Waals surface area (Å²) in [5.74, 6) is 1.17. The van der Waals surface area contributed by atoms with E-state index in [1.54, 1.807) is 42.3 Å². The van der Waals surface area contributed by atoms with E-state index in [0.29, 0.717) is 27.8 Å². The normalized spacial score (nSPS) is 14.8. The minimum atomic E-state index is -3.69. The summed E-state index contributed by atoms with van der Waals surface area (Å²) in [7, 11) is -0.612. The third-order valence-corrected chi connectivity index (χ3v) is 7.49. The monoisotopic (exact) mass is 491 g/mol. The molecule has 0 saturated carbocycles. The Hall–Kier alpha value is -3.08. The van der Waals surface area contributed by atoms with Crippen molar-refractivity contribution in [2.75, 3.05) is 40.4 Å². The molecule has 1 aliphatic heterocycles. The van der Waals surface area contributed by atoms with E-state index < -0.39 is 10.0 Å². The summed E-state index contributed by atoms with van der Waals surface area (Å²) in [6, 6.07) is 12.9. The lowest BCUT2D eigenvalue weighted by Crippen LogP contribution is -2.50. The Balaban J connectivity index is 1.47. The molecule has 0 atom stereocenters. The van der Waals surface area contributed by atoms with Crippen LogP contribution in [0.3, 0.4) is 0 Å². The molecule has 1 aromatic heterocycles. The third kappa shape index (κ3) is 4.68. The van der Waals surface area contributed by atoms with Gasteiger partial charge in [-0.05, 0) is 36.4 Å². The zero-order valence-corrected chi connectivity index (χ0v) is 19.6. The molecule has 11 heteroatoms. The molecular formula is C22H22ClN3O6S. The Morgan fingerprint density at radius 3 is 2.45 bits per heavy atom. The van der Waals surface area contributed by atoms with Gasteiger partial charge in [0.2, 0.25) is 10.0 Å². The van der Waals surface area contributed by atoms with E-state index in [1.807, 2.05) is 0 Å². The van der Waals surface area contributed by atoms with Gasteiger partial charge in [-0.3, -0.25) is 4.79 Å². The van der Waals surface area contributed by atoms with Gasteiger partial charge in [-0.25, -0.2) is 8.42 Å². The van der Waals surface area contributed by atoms with E-state index in [9.17, 15) is 13.2 Å². The number of amides is 1. The molecule has 33 heavy (non-hydrogen) atoms. The van der Waals surface area contributed by atoms with Gasteiger partial charge in [-0.1, -0.05) is 22.8 Å². The fourth-order valence-corrected chi connectivity index (χ4v) is 5.30. The van der Waals surface area contributed by atoms with Gasteiger partial charge in [0, 0.05) is 37.3 Å². The van der Waals surface area contributed by atoms with Crippen molar-refractivity contribution in [3.8, 4) is 22.8 Å². The Morgan fingerprint density at radius 2 is 1.79 bits per heavy atom. The first-order valence-corrected chi connectivity index (χ1v) is 11.9. The minimum absolute atomic E-state index is 0.126. The molecule has 0 N–H and O–H groups in total. The maximum absolute atomic E-state index is 13.0. The summed E-state index contributed by atoms with van der Waals surface area (Å²) >= 11 is 5.94. The highest BCUT2D eigenvalue weighted by Crippen LogP contribution is 2.34. The third-order valence-electron chi connectivity index (χ3n) is 5.36. The summed E-state index contributed by atoms with van der Waals surface area (Å²) in [5.41, 5.74) is 0.724. The van der Waals surface area contributed by atoms with Crippen molar-refractivity contribution in [2.45, 2.75) is 4.90 Å². The standard InChI is InChI=1S/C22H22ClN3O6S/c1-30-16-6-7-20(31-2)18(13-16)21-14-19(24-32-21)22(27)25-8-10-26(11-9-25)33(28,29)17-5-3-4-15(23)12-17/h3-7,12-14H,8-11H2,1-2H3. The second-order valence-corrected chi connectivity index (χ2v) is 9.67. The highest BCUT2D eigenvalue weighted by Gasteiger charge is 2.31. The van der Waals surface area contributed by atoms with Crippen molar-refractivity contribution in [2.24, 2.45) is 0 Å². The Labute approximate surface area is 196 Å². The van der Waals surface area contributed by atoms with Gasteiger partial charge < -0.3 is 18.9 Å². The fraction of sp³-hybridized carbons (Fsp3) is 0.273. The molecule has 1 aliphatic rings. The number of ether oxygens (including phenoxy) is 2. The molecule has 2 heterocycles. The van der Waals surface area contributed by atoms with E-state index in [0.717, 1.165) is 0 Å². The topological polar surface area (TPSA) is 102 Å². The second-order valence-electron chi connectivity index (χ2n) is 7.30. The first-order valence-electron chi connectivity index (χ1n) is 10.1. The molecular weight excluding hydrogens is 470 g/mol. The number of nitrogens with zero attached hydrogens (tertiary/aromatic N) is 3. The molecule has 0 unspecified atom stereocenters. The molecule has 0 bridgehead atoms. The number of carbonyl (C=O) groups is 1. The van der Waals surface area contributed by atoms with Crippen molar-refractivity contribution >= 4 is 27.5 Å². The molecule has 2 aromatic carbocycles. The van der Waals surface area contributed by atoms with Crippen LogP contribution in [0.25, 0.3) is 11.3 Å². The number of sulfonamides is 1. The van der Waals surface area contributed by atoms with Gasteiger partial charge in [0.1, 0.15) is 11.5 Å². The Bertz CT molecular complexity index is 1270. The van der Waals surface area contributed by atoms with Gasteiger partial charge >= 0.3 is 0 Å². The Morgan fingerprint density at radius 1 is 1.03 bits per heavy atom. The number of hydrogen-bond donors (Lipinski definition) is 0. The summed E-state index contributed by atoms with van der Waals surface area (Å²) in [4.78, 5) is 14.6. The van der Waals surface area contributed by atoms with Crippen molar-refractivity contribution in [1.29, 1.82) is 0 Å². The van der Waals surface area contributed by atoms with Crippen LogP contribution in [0.4, 0.5) is 0 Å². The smallest absolute Gasteiger partial charge is 0.276 e. The summed E-state index contributed by atoms with van der Waals surface area (Å²) < 4.78 is 43.1. The molecule has 1 fully saturated rings. The number of carbonyl (C=O) groups excluding carboxylic acids is 1. The van der Waals surface area contributed by atoms with Crippen molar-refractivity contribution < 1.29 is 27.2 Å². The molecule has 1 amide bonds. The summed E-state index contributed by atoms with van der Waals surface area (Å²) in [6.07, 6.45) is 0. The van der Waals surface area contributed by atoms with Crippen LogP contribution in [0.2, 0.25) is 5.02 Å². The molecule has 3 aromatic rings. The lowest BCUT2D eigenvalue weighted by molar-refractivity contribution is 0.0687. The lowest BCUT2D eigenvalue weighted by atomic mass is 10.1. The minimum Gasteiger partial charge on any atom is -0.497 e. The maximum atomic E-state index is 13.0. The van der Waals surface area contributed by atoms with Crippen LogP contribution in [0.1, 0.15) is 10.5 Å². The SMILES string of the molecule is COc1ccc(OC)c(-c2cc(C(=O)N3CCN(S(=O)(=O)c4cccc(Cl)c4)CC3)no2)c1. The van der Waals surface area contributed by atoms with Crippen molar-refractivity contribution in [3.63, 3.8) is 0 Å². The average Bonchev–Trinajstić information content (AvgIpc) is 3.33. The number of benzene rings is 2. The van der Waals surface area contributed by atoms with Crippen LogP contribution in [-0.4, -0.2) is 69.1 Å². The highest BCUT2D eigenvalue weighted by molar-refractivity contribution is 7.89. The van der Waals surface area contributed by atoms with Gasteiger partial charge in [0.05, 0.1) is 24.7 Å². The summed E-state index contributed by atoms with van der Waals surface area (Å²) in [5, 5.41) is 4.26. The number of hydrogen-bond acceptors (Lipinski definition) is 7. The number of halogens is 1. The predicted octanol–water partition coefficient (Wildman–Crippen LogP) is 3.16. The van der Waals surface area contributed by atoms with Gasteiger partial charge in [-0.2, -0.15) is 4.31 Å². The van der Waals surface area contributed by atoms with Crippen LogP contribution in [0.5, 0.6) is 11.5 Å². The van der Waals surface area contributed by atoms with Crippen LogP contribution in [0, 0.1) is 0 Å². The van der Waals surface area contributed by atoms with E-state index in [-0.39, 0.29) is 42.7 Å². The molecule has 174 valence electrons. The Kier molecular flexibility index (Phi) is 6.59. The van der Waals surface area contributed by atoms with E-state index in [2.05, 4.69) is 5.16 Å². The van der Waals surface area contributed by atoms with Crippen LogP contribution in [0.15, 0.2) is 57.9 Å². The molecule has 9 nitrogen and oxygen atoms in total. The first-order chi connectivity index (χ1) is 15.8. The van der Waals surface area contributed by atoms with Gasteiger partial charge in [0.25, 0.3) is 5.91 Å². The van der Waals surface area contributed by atoms with E-state index in [4.69, 9.17) is 25.6 Å². The van der Waals surface area contributed by atoms with Gasteiger partial charge in [0.15, 0.2) is 11.5 Å². The van der Waals surface area contributed by atoms with Crippen LogP contribution < -0.4 is 9.47 Å². The largest absolute Gasteiger partial charge is 0.497 e. The van der Waals surface area contributed by atoms with Crippen molar-refractivity contribution in [3.05, 3.63) is 59.2 Å². The number of rotatable bonds is 6. The molecule has 0 radical (unpaired) electrons. The van der Waals surface area contributed by atoms with E-state index in [1.165, 1.54) is 29.6 Å². The number of methoxy groups -OCH3 is 2. The molecule has 0 spiro atoms. The number of aromatic nitrogens is 1. The predicted molar refractivity (Wildman–Crippen MR) is 121 cm³/mol. The lowest BCUT2D eigenvalue weighted by Gasteiger charge is -2.33. The van der Waals surface area contributed by atoms with Crippen molar-refractivity contribution in [1.82, 2.24) is 14.4 Å². The summed E-state index contributed by atoms with van der Waals surface area (Å²) in [6.45, 7) is 0.774. The highest BCUT2D eigenvalue weighted by atomic mass is 35.5. The molecule has 1 saturated heterocycles. The zero-order chi connectivity index (χ0) is 23.6. The first kappa shape index (κ1) is 23.1.